The van der Waals surface area contributed by atoms with Crippen molar-refractivity contribution in [3.05, 3.63) is 42.0 Å². The van der Waals surface area contributed by atoms with Gasteiger partial charge < -0.3 is 10.1 Å². The van der Waals surface area contributed by atoms with Gasteiger partial charge in [-0.3, -0.25) is 9.59 Å². The van der Waals surface area contributed by atoms with Gasteiger partial charge in [0.2, 0.25) is 5.91 Å². The first kappa shape index (κ1) is 14.8. The Morgan fingerprint density at radius 1 is 1.41 bits per heavy atom. The molecule has 0 spiro atoms. The van der Waals surface area contributed by atoms with Crippen LogP contribution in [0.25, 0.3) is 0 Å². The Bertz CT molecular complexity index is 620. The molecule has 2 fully saturated rings. The fraction of sp³-hybridized carbons (Fsp3) is 0.444. The van der Waals surface area contributed by atoms with E-state index in [-0.39, 0.29) is 17.8 Å². The molecule has 1 aromatic carbocycles. The summed E-state index contributed by atoms with van der Waals surface area (Å²) in [7, 11) is 0. The molecular weight excluding hydrogens is 278 g/mol. The molecule has 0 radical (unpaired) electrons. The van der Waals surface area contributed by atoms with E-state index in [4.69, 9.17) is 4.74 Å². The lowest BCUT2D eigenvalue weighted by molar-refractivity contribution is -0.146. The molecular formula is C18H21NO3. The lowest BCUT2D eigenvalue weighted by atomic mass is 9.75. The first-order valence-corrected chi connectivity index (χ1v) is 7.76. The highest BCUT2D eigenvalue weighted by Gasteiger charge is 2.55. The largest absolute Gasteiger partial charge is 0.465 e. The van der Waals surface area contributed by atoms with Crippen LogP contribution in [-0.2, 0) is 20.7 Å². The molecule has 1 saturated carbocycles. The van der Waals surface area contributed by atoms with Gasteiger partial charge in [-0.15, -0.1) is 0 Å². The van der Waals surface area contributed by atoms with Crippen molar-refractivity contribution in [2.75, 3.05) is 11.9 Å². The topological polar surface area (TPSA) is 55.4 Å². The van der Waals surface area contributed by atoms with E-state index in [1.807, 2.05) is 31.2 Å². The molecule has 1 N–H and O–H groups in total. The first-order chi connectivity index (χ1) is 10.5. The van der Waals surface area contributed by atoms with Crippen molar-refractivity contribution in [2.24, 2.45) is 11.3 Å². The quantitative estimate of drug-likeness (QED) is 0.686. The highest BCUT2D eigenvalue weighted by Crippen LogP contribution is 2.52. The summed E-state index contributed by atoms with van der Waals surface area (Å²) in [4.78, 5) is 23.6. The number of allylic oxidation sites excluding steroid dienone is 1. The highest BCUT2D eigenvalue weighted by molar-refractivity contribution is 5.90. The number of amides is 1. The molecule has 4 nitrogen and oxygen atoms in total. The van der Waals surface area contributed by atoms with Gasteiger partial charge in [-0.25, -0.2) is 0 Å². The van der Waals surface area contributed by atoms with Crippen LogP contribution in [0.2, 0.25) is 0 Å². The molecule has 1 heterocycles. The Kier molecular flexibility index (Phi) is 3.77. The molecule has 116 valence electrons. The number of nitrogens with one attached hydrogen (secondary N) is 1. The third-order valence-electron chi connectivity index (χ3n) is 4.78. The Balaban J connectivity index is 1.76. The summed E-state index contributed by atoms with van der Waals surface area (Å²) in [5, 5.41) is 2.83. The van der Waals surface area contributed by atoms with Crippen LogP contribution in [0, 0.1) is 11.3 Å². The van der Waals surface area contributed by atoms with Crippen LogP contribution in [0.1, 0.15) is 31.7 Å². The number of hydrogen-bond acceptors (Lipinski definition) is 3. The maximum absolute atomic E-state index is 12.3. The van der Waals surface area contributed by atoms with E-state index >= 15 is 0 Å². The SMILES string of the molecule is C=C1CC2COC(=O)C2(Cc2ccc(NC(=O)CC)cc2)C1. The fourth-order valence-corrected chi connectivity index (χ4v) is 3.58. The minimum Gasteiger partial charge on any atom is -0.465 e. The summed E-state index contributed by atoms with van der Waals surface area (Å²) < 4.78 is 5.30. The molecule has 4 heteroatoms. The van der Waals surface area contributed by atoms with Crippen molar-refractivity contribution in [1.82, 2.24) is 0 Å². The lowest BCUT2D eigenvalue weighted by Crippen LogP contribution is -2.31. The summed E-state index contributed by atoms with van der Waals surface area (Å²) in [6.07, 6.45) is 2.75. The van der Waals surface area contributed by atoms with Crippen LogP contribution in [0.4, 0.5) is 5.69 Å². The van der Waals surface area contributed by atoms with Crippen molar-refractivity contribution in [1.29, 1.82) is 0 Å². The van der Waals surface area contributed by atoms with Crippen LogP contribution >= 0.6 is 0 Å². The van der Waals surface area contributed by atoms with Gasteiger partial charge in [0, 0.05) is 18.0 Å². The third-order valence-corrected chi connectivity index (χ3v) is 4.78. The van der Waals surface area contributed by atoms with Crippen molar-refractivity contribution in [3.63, 3.8) is 0 Å². The summed E-state index contributed by atoms with van der Waals surface area (Å²) in [5.74, 6) is 0.171. The van der Waals surface area contributed by atoms with Gasteiger partial charge in [-0.1, -0.05) is 31.2 Å². The van der Waals surface area contributed by atoms with E-state index in [2.05, 4.69) is 11.9 Å². The van der Waals surface area contributed by atoms with Crippen LogP contribution in [0.3, 0.4) is 0 Å². The van der Waals surface area contributed by atoms with Gasteiger partial charge in [-0.2, -0.15) is 0 Å². The number of ether oxygens (including phenoxy) is 1. The van der Waals surface area contributed by atoms with Crippen molar-refractivity contribution < 1.29 is 14.3 Å². The van der Waals surface area contributed by atoms with Crippen molar-refractivity contribution in [3.8, 4) is 0 Å². The number of esters is 1. The second kappa shape index (κ2) is 5.59. The number of rotatable bonds is 4. The molecule has 3 rings (SSSR count). The molecule has 1 aliphatic heterocycles. The molecule has 1 aliphatic carbocycles. The maximum atomic E-state index is 12.3. The minimum atomic E-state index is -0.425. The van der Waals surface area contributed by atoms with E-state index in [1.54, 1.807) is 0 Å². The van der Waals surface area contributed by atoms with Gasteiger partial charge in [0.05, 0.1) is 12.0 Å². The predicted octanol–water partition coefficient (Wildman–Crippen LogP) is 3.09. The van der Waals surface area contributed by atoms with E-state index in [0.29, 0.717) is 19.4 Å². The van der Waals surface area contributed by atoms with Gasteiger partial charge in [0.25, 0.3) is 0 Å². The zero-order valence-electron chi connectivity index (χ0n) is 12.9. The number of anilines is 1. The van der Waals surface area contributed by atoms with Crippen LogP contribution in [0.5, 0.6) is 0 Å². The lowest BCUT2D eigenvalue weighted by Gasteiger charge is -2.24. The van der Waals surface area contributed by atoms with E-state index in [0.717, 1.165) is 29.7 Å². The summed E-state index contributed by atoms with van der Waals surface area (Å²) in [6, 6.07) is 7.73. The Labute approximate surface area is 130 Å². The van der Waals surface area contributed by atoms with Crippen molar-refractivity contribution in [2.45, 2.75) is 32.6 Å². The Hall–Kier alpha value is -2.10. The summed E-state index contributed by atoms with van der Waals surface area (Å²) in [5.41, 5.74) is 2.60. The molecule has 0 aromatic heterocycles. The van der Waals surface area contributed by atoms with Crippen LogP contribution in [0.15, 0.2) is 36.4 Å². The number of cyclic esters (lactones) is 1. The molecule has 2 unspecified atom stereocenters. The zero-order valence-corrected chi connectivity index (χ0v) is 12.9. The molecule has 1 saturated heterocycles. The minimum absolute atomic E-state index is 0.00197. The molecule has 2 atom stereocenters. The van der Waals surface area contributed by atoms with Crippen LogP contribution < -0.4 is 5.32 Å². The van der Waals surface area contributed by atoms with E-state index < -0.39 is 5.41 Å². The zero-order chi connectivity index (χ0) is 15.7. The van der Waals surface area contributed by atoms with Gasteiger partial charge >= 0.3 is 5.97 Å². The number of fused-ring (bicyclic) bond motifs is 1. The second-order valence-corrected chi connectivity index (χ2v) is 6.36. The number of carbonyl (C=O) groups is 2. The van der Waals surface area contributed by atoms with Crippen molar-refractivity contribution >= 4 is 17.6 Å². The molecule has 2 aliphatic rings. The number of carbonyl (C=O) groups excluding carboxylic acids is 2. The highest BCUT2D eigenvalue weighted by atomic mass is 16.5. The summed E-state index contributed by atoms with van der Waals surface area (Å²) in [6.45, 7) is 6.40. The predicted molar refractivity (Wildman–Crippen MR) is 84.3 cm³/mol. The normalized spacial score (nSPS) is 26.7. The Morgan fingerprint density at radius 2 is 2.14 bits per heavy atom. The third kappa shape index (κ3) is 2.54. The van der Waals surface area contributed by atoms with Gasteiger partial charge in [0.15, 0.2) is 0 Å². The Morgan fingerprint density at radius 3 is 2.82 bits per heavy atom. The van der Waals surface area contributed by atoms with E-state index in [9.17, 15) is 9.59 Å². The average molecular weight is 299 g/mol. The van der Waals surface area contributed by atoms with E-state index in [1.165, 1.54) is 0 Å². The average Bonchev–Trinajstić information content (AvgIpc) is 2.96. The van der Waals surface area contributed by atoms with Crippen LogP contribution in [-0.4, -0.2) is 18.5 Å². The fourth-order valence-electron chi connectivity index (χ4n) is 3.58. The molecule has 22 heavy (non-hydrogen) atoms. The molecule has 1 aromatic rings. The molecule has 1 amide bonds. The first-order valence-electron chi connectivity index (χ1n) is 7.76. The number of hydrogen-bond donors (Lipinski definition) is 1. The molecule has 0 bridgehead atoms. The monoisotopic (exact) mass is 299 g/mol. The van der Waals surface area contributed by atoms with Gasteiger partial charge in [0.1, 0.15) is 0 Å². The second-order valence-electron chi connectivity index (χ2n) is 6.36. The van der Waals surface area contributed by atoms with Gasteiger partial charge in [-0.05, 0) is 37.0 Å². The maximum Gasteiger partial charge on any atom is 0.313 e. The number of benzene rings is 1. The summed E-state index contributed by atoms with van der Waals surface area (Å²) >= 11 is 0. The standard InChI is InChI=1S/C18H21NO3/c1-3-16(20)19-15-6-4-13(5-7-15)10-18-9-12(2)8-14(18)11-22-17(18)21/h4-7,14H,2-3,8-11H2,1H3,(H,19,20). The smallest absolute Gasteiger partial charge is 0.313 e.